The van der Waals surface area contributed by atoms with E-state index in [2.05, 4.69) is 5.32 Å². The van der Waals surface area contributed by atoms with Crippen molar-refractivity contribution in [1.82, 2.24) is 14.5 Å². The topological polar surface area (TPSA) is 113 Å². The average Bonchev–Trinajstić information content (AvgIpc) is 2.70. The molecule has 172 valence electrons. The number of nitrogens with zero attached hydrogens (tertiary/aromatic N) is 2. The van der Waals surface area contributed by atoms with Gasteiger partial charge in [0, 0.05) is 44.7 Å². The number of hydrogen-bond acceptors (Lipinski definition) is 6. The number of alkyl carbamates (subject to hydrolysis) is 1. The quantitative estimate of drug-likeness (QED) is 0.499. The number of ketones is 1. The van der Waals surface area contributed by atoms with E-state index in [1.807, 2.05) is 0 Å². The van der Waals surface area contributed by atoms with Crippen molar-refractivity contribution in [3.8, 4) is 0 Å². The molecular formula is C21H31N3O6S. The largest absolute Gasteiger partial charge is 0.444 e. The van der Waals surface area contributed by atoms with Crippen LogP contribution < -0.4 is 5.32 Å². The van der Waals surface area contributed by atoms with Crippen LogP contribution in [-0.2, 0) is 19.6 Å². The molecule has 10 heteroatoms. The predicted octanol–water partition coefficient (Wildman–Crippen LogP) is 2.03. The van der Waals surface area contributed by atoms with Crippen LogP contribution in [0.5, 0.6) is 0 Å². The van der Waals surface area contributed by atoms with Crippen molar-refractivity contribution in [2.45, 2.75) is 51.0 Å². The maximum atomic E-state index is 12.8. The molecule has 2 rings (SSSR count). The summed E-state index contributed by atoms with van der Waals surface area (Å²) in [4.78, 5) is 37.1. The number of carbonyl (C=O) groups excluding carboxylic acids is 3. The maximum Gasteiger partial charge on any atom is 0.407 e. The summed E-state index contributed by atoms with van der Waals surface area (Å²) in [5.41, 5.74) is -0.120. The number of nitrogens with one attached hydrogen (secondary N) is 1. The first-order valence-electron chi connectivity index (χ1n) is 10.3. The lowest BCUT2D eigenvalue weighted by atomic mass is 10.2. The molecule has 0 saturated carbocycles. The van der Waals surface area contributed by atoms with E-state index >= 15 is 0 Å². The average molecular weight is 454 g/mol. The van der Waals surface area contributed by atoms with Gasteiger partial charge < -0.3 is 15.0 Å². The SMILES string of the molecule is CC(=O)c1ccc(S(=O)(=O)N2CCN(C(=O)CCCNC(=O)OC(C)(C)C)CC2)cc1. The molecule has 0 unspecified atom stereocenters. The monoisotopic (exact) mass is 453 g/mol. The second-order valence-corrected chi connectivity index (χ2v) is 10.3. The Bertz CT molecular complexity index is 898. The standard InChI is InChI=1S/C21H31N3O6S/c1-16(25)17-7-9-18(10-8-17)31(28,29)24-14-12-23(13-15-24)19(26)6-5-11-22-20(27)30-21(2,3)4/h7-10H,5-6,11-15H2,1-4H3,(H,22,27). The van der Waals surface area contributed by atoms with E-state index in [-0.39, 0.29) is 36.1 Å². The van der Waals surface area contributed by atoms with Gasteiger partial charge in [0.25, 0.3) is 0 Å². The number of piperazine rings is 1. The lowest BCUT2D eigenvalue weighted by Crippen LogP contribution is -2.50. The Morgan fingerprint density at radius 2 is 1.61 bits per heavy atom. The molecule has 0 aromatic heterocycles. The van der Waals surface area contributed by atoms with Crippen molar-refractivity contribution >= 4 is 27.8 Å². The number of carbonyl (C=O) groups is 3. The van der Waals surface area contributed by atoms with Gasteiger partial charge in [-0.1, -0.05) is 12.1 Å². The van der Waals surface area contributed by atoms with Gasteiger partial charge in [-0.3, -0.25) is 9.59 Å². The molecule has 1 N–H and O–H groups in total. The summed E-state index contributed by atoms with van der Waals surface area (Å²) in [6, 6.07) is 5.86. The minimum atomic E-state index is -3.68. The Labute approximate surface area is 183 Å². The molecule has 1 saturated heterocycles. The Morgan fingerprint density at radius 3 is 2.13 bits per heavy atom. The van der Waals surface area contributed by atoms with Crippen LogP contribution in [-0.4, -0.2) is 73.7 Å². The molecule has 0 aliphatic carbocycles. The van der Waals surface area contributed by atoms with Crippen molar-refractivity contribution in [2.75, 3.05) is 32.7 Å². The van der Waals surface area contributed by atoms with E-state index in [9.17, 15) is 22.8 Å². The van der Waals surface area contributed by atoms with Gasteiger partial charge in [0.2, 0.25) is 15.9 Å². The van der Waals surface area contributed by atoms with E-state index in [0.717, 1.165) is 0 Å². The molecule has 1 aliphatic heterocycles. The van der Waals surface area contributed by atoms with Crippen molar-refractivity contribution < 1.29 is 27.5 Å². The molecule has 0 radical (unpaired) electrons. The van der Waals surface area contributed by atoms with E-state index in [0.29, 0.717) is 31.6 Å². The zero-order valence-electron chi connectivity index (χ0n) is 18.5. The van der Waals surface area contributed by atoms with Crippen molar-refractivity contribution in [3.63, 3.8) is 0 Å². The Hall–Kier alpha value is -2.46. The summed E-state index contributed by atoms with van der Waals surface area (Å²) >= 11 is 0. The second kappa shape index (κ2) is 10.2. The number of rotatable bonds is 7. The van der Waals surface area contributed by atoms with Crippen LogP contribution in [0.4, 0.5) is 4.79 Å². The molecule has 0 spiro atoms. The highest BCUT2D eigenvalue weighted by atomic mass is 32.2. The third kappa shape index (κ3) is 7.32. The Balaban J connectivity index is 1.79. The van der Waals surface area contributed by atoms with Gasteiger partial charge in [0.15, 0.2) is 5.78 Å². The Morgan fingerprint density at radius 1 is 1.03 bits per heavy atom. The van der Waals surface area contributed by atoms with Crippen LogP contribution in [0, 0.1) is 0 Å². The van der Waals surface area contributed by atoms with Gasteiger partial charge in [-0.2, -0.15) is 4.31 Å². The fourth-order valence-corrected chi connectivity index (χ4v) is 4.51. The number of benzene rings is 1. The maximum absolute atomic E-state index is 12.8. The minimum absolute atomic E-state index is 0.0751. The third-order valence-corrected chi connectivity index (χ3v) is 6.64. The van der Waals surface area contributed by atoms with Crippen LogP contribution in [0.25, 0.3) is 0 Å². The van der Waals surface area contributed by atoms with Crippen LogP contribution in [0.3, 0.4) is 0 Å². The van der Waals surface area contributed by atoms with Crippen LogP contribution >= 0.6 is 0 Å². The molecule has 1 aromatic carbocycles. The predicted molar refractivity (Wildman–Crippen MR) is 115 cm³/mol. The molecule has 31 heavy (non-hydrogen) atoms. The summed E-state index contributed by atoms with van der Waals surface area (Å²) in [6.07, 6.45) is 0.212. The summed E-state index contributed by atoms with van der Waals surface area (Å²) in [5.74, 6) is -0.203. The summed E-state index contributed by atoms with van der Waals surface area (Å²) in [6.45, 7) is 8.10. The van der Waals surface area contributed by atoms with Crippen LogP contribution in [0.1, 0.15) is 50.9 Å². The highest BCUT2D eigenvalue weighted by Crippen LogP contribution is 2.19. The van der Waals surface area contributed by atoms with Crippen LogP contribution in [0.15, 0.2) is 29.2 Å². The summed E-state index contributed by atoms with van der Waals surface area (Å²) in [7, 11) is -3.68. The molecule has 0 bridgehead atoms. The Kier molecular flexibility index (Phi) is 8.19. The molecule has 1 aliphatic rings. The fourth-order valence-electron chi connectivity index (χ4n) is 3.09. The van der Waals surface area contributed by atoms with E-state index < -0.39 is 21.7 Å². The zero-order valence-corrected chi connectivity index (χ0v) is 19.3. The first-order chi connectivity index (χ1) is 14.4. The smallest absolute Gasteiger partial charge is 0.407 e. The van der Waals surface area contributed by atoms with Crippen LogP contribution in [0.2, 0.25) is 0 Å². The normalized spacial score (nSPS) is 15.4. The third-order valence-electron chi connectivity index (χ3n) is 4.73. The van der Waals surface area contributed by atoms with E-state index in [1.165, 1.54) is 35.5 Å². The lowest BCUT2D eigenvalue weighted by molar-refractivity contribution is -0.132. The number of Topliss-reactive ketones (excluding diaryl/α,β-unsaturated/α-hetero) is 1. The van der Waals surface area contributed by atoms with Gasteiger partial charge in [0.1, 0.15) is 5.60 Å². The number of hydrogen-bond donors (Lipinski definition) is 1. The molecule has 0 atom stereocenters. The van der Waals surface area contributed by atoms with Gasteiger partial charge in [-0.25, -0.2) is 13.2 Å². The molecule has 1 aromatic rings. The van der Waals surface area contributed by atoms with Gasteiger partial charge >= 0.3 is 6.09 Å². The molecule has 2 amide bonds. The molecule has 1 heterocycles. The number of sulfonamides is 1. The van der Waals surface area contributed by atoms with Crippen molar-refractivity contribution in [1.29, 1.82) is 0 Å². The van der Waals surface area contributed by atoms with Gasteiger partial charge in [0.05, 0.1) is 4.90 Å². The first kappa shape index (κ1) is 24.8. The summed E-state index contributed by atoms with van der Waals surface area (Å²) in [5, 5.41) is 2.61. The highest BCUT2D eigenvalue weighted by molar-refractivity contribution is 7.89. The van der Waals surface area contributed by atoms with Gasteiger partial charge in [-0.15, -0.1) is 0 Å². The van der Waals surface area contributed by atoms with E-state index in [1.54, 1.807) is 25.7 Å². The number of ether oxygens (including phenoxy) is 1. The highest BCUT2D eigenvalue weighted by Gasteiger charge is 2.30. The molecular weight excluding hydrogens is 422 g/mol. The zero-order chi connectivity index (χ0) is 23.2. The number of amides is 2. The first-order valence-corrected chi connectivity index (χ1v) is 11.7. The fraction of sp³-hybridized carbons (Fsp3) is 0.571. The lowest BCUT2D eigenvalue weighted by Gasteiger charge is -2.34. The molecule has 1 fully saturated rings. The molecule has 9 nitrogen and oxygen atoms in total. The summed E-state index contributed by atoms with van der Waals surface area (Å²) < 4.78 is 32.1. The van der Waals surface area contributed by atoms with Crippen molar-refractivity contribution in [3.05, 3.63) is 29.8 Å². The second-order valence-electron chi connectivity index (χ2n) is 8.40. The minimum Gasteiger partial charge on any atom is -0.444 e. The van der Waals surface area contributed by atoms with Crippen molar-refractivity contribution in [2.24, 2.45) is 0 Å². The van der Waals surface area contributed by atoms with Gasteiger partial charge in [-0.05, 0) is 46.2 Å². The van der Waals surface area contributed by atoms with E-state index in [4.69, 9.17) is 4.74 Å².